The van der Waals surface area contributed by atoms with E-state index in [1.165, 1.54) is 11.0 Å². The van der Waals surface area contributed by atoms with Crippen molar-refractivity contribution in [2.45, 2.75) is 20.8 Å². The summed E-state index contributed by atoms with van der Waals surface area (Å²) in [6.45, 7) is 2.31. The van der Waals surface area contributed by atoms with Crippen LogP contribution in [0.25, 0.3) is 6.08 Å². The lowest BCUT2D eigenvalue weighted by atomic mass is 10.0. The van der Waals surface area contributed by atoms with Gasteiger partial charge in [-0.15, -0.1) is 0 Å². The number of likely N-dealkylation sites (N-methyl/N-ethyl adjacent to an activating group) is 1. The Balaban J connectivity index is 0.00000200. The van der Waals surface area contributed by atoms with E-state index in [9.17, 15) is 9.59 Å². The van der Waals surface area contributed by atoms with E-state index in [1.807, 2.05) is 6.92 Å². The average molecular weight is 291 g/mol. The number of nitrogens with zero attached hydrogens (tertiary/aromatic N) is 1. The first-order valence-electron chi connectivity index (χ1n) is 5.93. The van der Waals surface area contributed by atoms with Crippen LogP contribution in [0.15, 0.2) is 40.5 Å². The number of hydrogen-bond donors (Lipinski definition) is 0. The Morgan fingerprint density at radius 3 is 2.80 bits per heavy atom. The molecule has 1 aliphatic heterocycles. The Hall–Kier alpha value is -2.01. The minimum Gasteiger partial charge on any atom is -0.465 e. The summed E-state index contributed by atoms with van der Waals surface area (Å²) in [5.41, 5.74) is 0.165. The van der Waals surface area contributed by atoms with Crippen LogP contribution in [0.2, 0.25) is 0 Å². The number of allylic oxidation sites excluding steroid dienone is 2. The van der Waals surface area contributed by atoms with Crippen LogP contribution in [0.1, 0.15) is 26.5 Å². The molecule has 0 aliphatic carbocycles. The van der Waals surface area contributed by atoms with Gasteiger partial charge in [0, 0.05) is 6.54 Å². The normalized spacial score (nSPS) is 17.9. The quantitative estimate of drug-likeness (QED) is 0.488. The second kappa shape index (κ2) is 6.96. The summed E-state index contributed by atoms with van der Waals surface area (Å²) in [6.07, 6.45) is 6.51. The van der Waals surface area contributed by atoms with Gasteiger partial charge in [0.15, 0.2) is 5.78 Å². The van der Waals surface area contributed by atoms with Crippen molar-refractivity contribution in [1.82, 2.24) is 4.90 Å². The predicted octanol–water partition coefficient (Wildman–Crippen LogP) is 3.00. The predicted molar refractivity (Wildman–Crippen MR) is 82.2 cm³/mol. The smallest absolute Gasteiger partial charge is 0.262 e. The van der Waals surface area contributed by atoms with E-state index >= 15 is 0 Å². The molecule has 1 fully saturated rings. The summed E-state index contributed by atoms with van der Waals surface area (Å²) in [7, 11) is 0. The summed E-state index contributed by atoms with van der Waals surface area (Å²) in [5, 5.41) is 0. The molecule has 106 valence electrons. The zero-order chi connectivity index (χ0) is 13.8. The van der Waals surface area contributed by atoms with Gasteiger partial charge in [0.2, 0.25) is 0 Å². The van der Waals surface area contributed by atoms with Crippen LogP contribution in [0.4, 0.5) is 0 Å². The number of ketones is 1. The highest BCUT2D eigenvalue weighted by atomic mass is 32.1. The molecule has 2 rings (SSSR count). The first-order valence-corrected chi connectivity index (χ1v) is 6.34. The van der Waals surface area contributed by atoms with Crippen LogP contribution >= 0.6 is 12.2 Å². The lowest BCUT2D eigenvalue weighted by molar-refractivity contribution is -0.127. The van der Waals surface area contributed by atoms with Crippen molar-refractivity contribution in [2.24, 2.45) is 0 Å². The summed E-state index contributed by atoms with van der Waals surface area (Å²) >= 11 is 5.03. The van der Waals surface area contributed by atoms with Crippen LogP contribution in [0, 0.1) is 0 Å². The molecular formula is C15H17NO3S. The molecule has 1 aliphatic rings. The highest BCUT2D eigenvalue weighted by molar-refractivity contribution is 7.80. The second-order valence-corrected chi connectivity index (χ2v) is 4.47. The molecule has 20 heavy (non-hydrogen) atoms. The van der Waals surface area contributed by atoms with Crippen molar-refractivity contribution in [3.05, 3.63) is 41.9 Å². The molecule has 1 saturated heterocycles. The number of hydrogen-bond acceptors (Lipinski definition) is 4. The molecule has 0 N–H and O–H groups in total. The van der Waals surface area contributed by atoms with Gasteiger partial charge in [-0.3, -0.25) is 9.59 Å². The highest BCUT2D eigenvalue weighted by Crippen LogP contribution is 2.16. The number of carbonyl (C=O) groups excluding carboxylic acids is 2. The van der Waals surface area contributed by atoms with E-state index in [1.54, 1.807) is 30.5 Å². The van der Waals surface area contributed by atoms with Crippen molar-refractivity contribution in [3.63, 3.8) is 0 Å². The first-order chi connectivity index (χ1) is 9.13. The molecule has 4 nitrogen and oxygen atoms in total. The van der Waals surface area contributed by atoms with Crippen LogP contribution in [0.3, 0.4) is 0 Å². The van der Waals surface area contributed by atoms with Gasteiger partial charge in [-0.1, -0.05) is 25.7 Å². The highest BCUT2D eigenvalue weighted by Gasteiger charge is 2.31. The maximum Gasteiger partial charge on any atom is 0.262 e. The molecule has 0 atom stereocenters. The Bertz CT molecular complexity index is 570. The Labute approximate surface area is 123 Å². The maximum absolute atomic E-state index is 12.1. The van der Waals surface area contributed by atoms with E-state index < -0.39 is 0 Å². The molecule has 1 amide bonds. The molecule has 5 heteroatoms. The fourth-order valence-corrected chi connectivity index (χ4v) is 2.16. The Morgan fingerprint density at radius 1 is 1.45 bits per heavy atom. The zero-order valence-electron chi connectivity index (χ0n) is 10.5. The standard InChI is InChI=1S/C14H13NO3S.CH4/c1-2-15-13(19)9-12(16)11(14(15)17)7-3-5-10-6-4-8-18-10;/h3-8H,2,9H2,1H3;1H4/b5-3+,11-7+;. The molecule has 0 spiro atoms. The Kier molecular flexibility index (Phi) is 5.58. The topological polar surface area (TPSA) is 50.5 Å². The molecule has 0 radical (unpaired) electrons. The van der Waals surface area contributed by atoms with Crippen molar-refractivity contribution in [1.29, 1.82) is 0 Å². The lowest BCUT2D eigenvalue weighted by Crippen LogP contribution is -2.44. The SMILES string of the molecule is C.CCN1C(=O)/C(=C/C=C/c2ccco2)C(=O)CC1=S. The monoisotopic (exact) mass is 291 g/mol. The van der Waals surface area contributed by atoms with Crippen molar-refractivity contribution >= 4 is 35.0 Å². The van der Waals surface area contributed by atoms with Crippen molar-refractivity contribution in [2.75, 3.05) is 6.54 Å². The van der Waals surface area contributed by atoms with Crippen LogP contribution in [-0.4, -0.2) is 28.1 Å². The van der Waals surface area contributed by atoms with Crippen LogP contribution < -0.4 is 0 Å². The van der Waals surface area contributed by atoms with Crippen LogP contribution in [-0.2, 0) is 9.59 Å². The minimum atomic E-state index is -0.326. The third-order valence-corrected chi connectivity index (χ3v) is 3.14. The van der Waals surface area contributed by atoms with Gasteiger partial charge in [-0.05, 0) is 31.2 Å². The minimum absolute atomic E-state index is 0. The van der Waals surface area contributed by atoms with Gasteiger partial charge >= 0.3 is 0 Å². The van der Waals surface area contributed by atoms with Crippen molar-refractivity contribution in [3.8, 4) is 0 Å². The molecule has 1 aromatic rings. The summed E-state index contributed by atoms with van der Waals surface area (Å²) in [5.74, 6) is 0.104. The van der Waals surface area contributed by atoms with Gasteiger partial charge in [0.25, 0.3) is 5.91 Å². The number of amides is 1. The van der Waals surface area contributed by atoms with E-state index in [0.29, 0.717) is 17.3 Å². The van der Waals surface area contributed by atoms with E-state index in [-0.39, 0.29) is 31.1 Å². The summed E-state index contributed by atoms with van der Waals surface area (Å²) in [6, 6.07) is 3.55. The molecule has 1 aromatic heterocycles. The first kappa shape index (κ1) is 16.0. The van der Waals surface area contributed by atoms with Gasteiger partial charge in [-0.2, -0.15) is 0 Å². The fourth-order valence-electron chi connectivity index (χ4n) is 1.82. The number of carbonyl (C=O) groups is 2. The second-order valence-electron chi connectivity index (χ2n) is 4.00. The van der Waals surface area contributed by atoms with E-state index in [2.05, 4.69) is 0 Å². The number of piperidine rings is 1. The molecule has 0 unspecified atom stereocenters. The van der Waals surface area contributed by atoms with Gasteiger partial charge in [0.05, 0.1) is 23.2 Å². The van der Waals surface area contributed by atoms with Crippen LogP contribution in [0.5, 0.6) is 0 Å². The summed E-state index contributed by atoms with van der Waals surface area (Å²) < 4.78 is 5.12. The summed E-state index contributed by atoms with van der Waals surface area (Å²) in [4.78, 5) is 25.7. The third-order valence-electron chi connectivity index (χ3n) is 2.77. The number of rotatable bonds is 3. The molecule has 2 heterocycles. The van der Waals surface area contributed by atoms with E-state index in [0.717, 1.165) is 0 Å². The number of thiocarbonyl (C=S) groups is 1. The maximum atomic E-state index is 12.1. The molecule has 0 bridgehead atoms. The molecule has 0 aromatic carbocycles. The fraction of sp³-hybridized carbons (Fsp3) is 0.267. The molecule has 0 saturated carbocycles. The molecular weight excluding hydrogens is 274 g/mol. The number of likely N-dealkylation sites (tertiary alicyclic amines) is 1. The zero-order valence-corrected chi connectivity index (χ0v) is 11.3. The van der Waals surface area contributed by atoms with Gasteiger partial charge in [0.1, 0.15) is 5.76 Å². The van der Waals surface area contributed by atoms with Gasteiger partial charge < -0.3 is 9.32 Å². The van der Waals surface area contributed by atoms with E-state index in [4.69, 9.17) is 16.6 Å². The lowest BCUT2D eigenvalue weighted by Gasteiger charge is -2.26. The number of Topliss-reactive ketones (excluding diaryl/α,β-unsaturated/α-hetero) is 1. The Morgan fingerprint density at radius 2 is 2.20 bits per heavy atom. The van der Waals surface area contributed by atoms with Crippen molar-refractivity contribution < 1.29 is 14.0 Å². The third kappa shape index (κ3) is 3.30. The number of furan rings is 1. The van der Waals surface area contributed by atoms with Gasteiger partial charge in [-0.25, -0.2) is 0 Å². The average Bonchev–Trinajstić information content (AvgIpc) is 2.86. The largest absolute Gasteiger partial charge is 0.465 e.